The van der Waals surface area contributed by atoms with Crippen LogP contribution in [0.5, 0.6) is 0 Å². The molecule has 8 heteroatoms. The maximum atomic E-state index is 11.2. The SMILES string of the molecule is CNC(=O)C(C=NCCCC/C(N)=C/C=C(N)N)=NN. The summed E-state index contributed by atoms with van der Waals surface area (Å²) < 4.78 is 0. The van der Waals surface area contributed by atoms with Crippen molar-refractivity contribution in [1.29, 1.82) is 0 Å². The van der Waals surface area contributed by atoms with E-state index in [4.69, 9.17) is 23.0 Å². The molecule has 0 aromatic heterocycles. The number of rotatable bonds is 8. The Morgan fingerprint density at radius 3 is 2.45 bits per heavy atom. The van der Waals surface area contributed by atoms with E-state index >= 15 is 0 Å². The number of allylic oxidation sites excluding steroid dienone is 3. The molecule has 0 aliphatic heterocycles. The minimum absolute atomic E-state index is 0.0930. The normalized spacial score (nSPS) is 12.4. The fraction of sp³-hybridized carbons (Fsp3) is 0.417. The molecule has 0 bridgehead atoms. The van der Waals surface area contributed by atoms with E-state index in [2.05, 4.69) is 15.4 Å². The third-order valence-electron chi connectivity index (χ3n) is 2.30. The smallest absolute Gasteiger partial charge is 0.273 e. The zero-order valence-electron chi connectivity index (χ0n) is 11.7. The first kappa shape index (κ1) is 17.5. The van der Waals surface area contributed by atoms with Crippen LogP contribution in [0, 0.1) is 0 Å². The summed E-state index contributed by atoms with van der Waals surface area (Å²) in [4.78, 5) is 15.3. The molecule has 8 nitrogen and oxygen atoms in total. The van der Waals surface area contributed by atoms with E-state index in [9.17, 15) is 4.79 Å². The second kappa shape index (κ2) is 10.4. The van der Waals surface area contributed by atoms with Crippen molar-refractivity contribution in [2.45, 2.75) is 19.3 Å². The fourth-order valence-corrected chi connectivity index (χ4v) is 1.25. The van der Waals surface area contributed by atoms with E-state index in [-0.39, 0.29) is 17.4 Å². The van der Waals surface area contributed by atoms with Crippen LogP contribution >= 0.6 is 0 Å². The summed E-state index contributed by atoms with van der Waals surface area (Å²) >= 11 is 0. The minimum Gasteiger partial charge on any atom is -0.402 e. The molecule has 112 valence electrons. The van der Waals surface area contributed by atoms with Gasteiger partial charge in [-0.05, 0) is 31.4 Å². The molecule has 0 radical (unpaired) electrons. The zero-order valence-corrected chi connectivity index (χ0v) is 11.7. The van der Waals surface area contributed by atoms with Gasteiger partial charge in [0.05, 0.1) is 12.0 Å². The predicted molar refractivity (Wildman–Crippen MR) is 81.6 cm³/mol. The summed E-state index contributed by atoms with van der Waals surface area (Å²) in [6.07, 6.45) is 7.03. The van der Waals surface area contributed by atoms with Gasteiger partial charge >= 0.3 is 0 Å². The van der Waals surface area contributed by atoms with Crippen molar-refractivity contribution in [1.82, 2.24) is 5.32 Å². The first-order chi connectivity index (χ1) is 9.51. The van der Waals surface area contributed by atoms with Gasteiger partial charge in [0, 0.05) is 19.3 Å². The molecular formula is C12H23N7O. The van der Waals surface area contributed by atoms with E-state index in [1.165, 1.54) is 13.3 Å². The van der Waals surface area contributed by atoms with Crippen molar-refractivity contribution < 1.29 is 4.79 Å². The van der Waals surface area contributed by atoms with Crippen molar-refractivity contribution in [3.63, 3.8) is 0 Å². The molecule has 0 saturated heterocycles. The van der Waals surface area contributed by atoms with Crippen LogP contribution in [0.4, 0.5) is 0 Å². The van der Waals surface area contributed by atoms with Crippen LogP contribution in [0.1, 0.15) is 19.3 Å². The molecule has 0 fully saturated rings. The van der Waals surface area contributed by atoms with Gasteiger partial charge in [-0.1, -0.05) is 0 Å². The van der Waals surface area contributed by atoms with Gasteiger partial charge in [-0.25, -0.2) is 0 Å². The summed E-state index contributed by atoms with van der Waals surface area (Å²) in [5.74, 6) is 4.93. The number of aliphatic imine (C=N–C) groups is 1. The molecule has 0 aromatic carbocycles. The van der Waals surface area contributed by atoms with Crippen molar-refractivity contribution in [2.75, 3.05) is 13.6 Å². The zero-order chi connectivity index (χ0) is 15.4. The highest BCUT2D eigenvalue weighted by molar-refractivity contribution is 6.60. The number of hydrazone groups is 1. The Morgan fingerprint density at radius 2 is 1.90 bits per heavy atom. The Bertz CT molecular complexity index is 420. The first-order valence-corrected chi connectivity index (χ1v) is 6.18. The monoisotopic (exact) mass is 281 g/mol. The molecule has 20 heavy (non-hydrogen) atoms. The molecule has 0 saturated carbocycles. The third-order valence-corrected chi connectivity index (χ3v) is 2.30. The Kier molecular flexibility index (Phi) is 9.11. The number of amides is 1. The average Bonchev–Trinajstić information content (AvgIpc) is 2.43. The van der Waals surface area contributed by atoms with Crippen LogP contribution < -0.4 is 28.4 Å². The number of hydrogen-bond acceptors (Lipinski definition) is 7. The Balaban J connectivity index is 3.95. The van der Waals surface area contributed by atoms with Gasteiger partial charge in [0.25, 0.3) is 5.91 Å². The van der Waals surface area contributed by atoms with Crippen molar-refractivity contribution >= 4 is 17.8 Å². The summed E-state index contributed by atoms with van der Waals surface area (Å²) in [5.41, 5.74) is 17.1. The lowest BCUT2D eigenvalue weighted by molar-refractivity contribution is -0.114. The second-order valence-electron chi connectivity index (χ2n) is 3.99. The maximum Gasteiger partial charge on any atom is 0.273 e. The fourth-order valence-electron chi connectivity index (χ4n) is 1.25. The standard InChI is InChI=1S/C12H23N7O/c1-17-12(20)10(19-16)8-18-7-3-2-4-9(13)5-6-11(14)15/h5-6,8H,2-4,7,13-16H2,1H3,(H,17,20)/b9-5-,18-8?,19-10?. The average molecular weight is 281 g/mol. The highest BCUT2D eigenvalue weighted by Gasteiger charge is 2.04. The van der Waals surface area contributed by atoms with E-state index in [0.717, 1.165) is 19.3 Å². The largest absolute Gasteiger partial charge is 0.402 e. The molecule has 9 N–H and O–H groups in total. The van der Waals surface area contributed by atoms with E-state index in [1.54, 1.807) is 12.2 Å². The van der Waals surface area contributed by atoms with Crippen LogP contribution in [0.2, 0.25) is 0 Å². The van der Waals surface area contributed by atoms with Crippen LogP contribution in [-0.4, -0.2) is 31.4 Å². The van der Waals surface area contributed by atoms with Crippen LogP contribution in [-0.2, 0) is 4.79 Å². The molecule has 0 atom stereocenters. The van der Waals surface area contributed by atoms with Gasteiger partial charge in [-0.2, -0.15) is 5.10 Å². The molecular weight excluding hydrogens is 258 g/mol. The molecule has 0 aromatic rings. The first-order valence-electron chi connectivity index (χ1n) is 6.18. The molecule has 1 amide bonds. The van der Waals surface area contributed by atoms with Gasteiger partial charge in [0.1, 0.15) is 0 Å². The van der Waals surface area contributed by atoms with Crippen molar-refractivity contribution in [3.05, 3.63) is 23.7 Å². The molecule has 0 aliphatic rings. The van der Waals surface area contributed by atoms with E-state index in [1.807, 2.05) is 0 Å². The number of nitrogens with zero attached hydrogens (tertiary/aromatic N) is 2. The highest BCUT2D eigenvalue weighted by atomic mass is 16.1. The number of hydrogen-bond donors (Lipinski definition) is 5. The summed E-state index contributed by atoms with van der Waals surface area (Å²) in [7, 11) is 1.50. The van der Waals surface area contributed by atoms with Gasteiger partial charge < -0.3 is 28.4 Å². The topological polar surface area (TPSA) is 158 Å². The maximum absolute atomic E-state index is 11.2. The Labute approximate surface area is 118 Å². The molecule has 0 unspecified atom stereocenters. The van der Waals surface area contributed by atoms with Gasteiger partial charge in [0.15, 0.2) is 5.71 Å². The van der Waals surface area contributed by atoms with Crippen molar-refractivity contribution in [3.8, 4) is 0 Å². The number of unbranched alkanes of at least 4 members (excludes halogenated alkanes) is 1. The molecule has 0 aliphatic carbocycles. The lowest BCUT2D eigenvalue weighted by Gasteiger charge is -2.00. The Morgan fingerprint density at radius 1 is 1.20 bits per heavy atom. The van der Waals surface area contributed by atoms with Gasteiger partial charge in [-0.3, -0.25) is 9.79 Å². The lowest BCUT2D eigenvalue weighted by atomic mass is 10.2. The third kappa shape index (κ3) is 8.56. The summed E-state index contributed by atoms with van der Waals surface area (Å²) in [5, 5.41) is 5.76. The number of nitrogens with one attached hydrogen (secondary N) is 1. The van der Waals surface area contributed by atoms with Gasteiger partial charge in [0.2, 0.25) is 0 Å². The summed E-state index contributed by atoms with van der Waals surface area (Å²) in [6, 6.07) is 0. The van der Waals surface area contributed by atoms with Crippen LogP contribution in [0.3, 0.4) is 0 Å². The van der Waals surface area contributed by atoms with E-state index in [0.29, 0.717) is 12.2 Å². The number of carbonyl (C=O) groups is 1. The minimum atomic E-state index is -0.366. The molecule has 0 heterocycles. The number of nitrogens with two attached hydrogens (primary N) is 4. The second-order valence-corrected chi connectivity index (χ2v) is 3.99. The predicted octanol–water partition coefficient (Wildman–Crippen LogP) is -1.11. The molecule has 0 rings (SSSR count). The van der Waals surface area contributed by atoms with Crippen molar-refractivity contribution in [2.24, 2.45) is 33.1 Å². The quantitative estimate of drug-likeness (QED) is 0.125. The Hall–Kier alpha value is -2.51. The van der Waals surface area contributed by atoms with Crippen LogP contribution in [0.25, 0.3) is 0 Å². The van der Waals surface area contributed by atoms with Gasteiger partial charge in [-0.15, -0.1) is 0 Å². The highest BCUT2D eigenvalue weighted by Crippen LogP contribution is 2.02. The van der Waals surface area contributed by atoms with Crippen LogP contribution in [0.15, 0.2) is 33.8 Å². The summed E-state index contributed by atoms with van der Waals surface area (Å²) in [6.45, 7) is 0.568. The molecule has 0 spiro atoms. The van der Waals surface area contributed by atoms with E-state index < -0.39 is 0 Å². The number of carbonyl (C=O) groups excluding carboxylic acids is 1. The lowest BCUT2D eigenvalue weighted by Crippen LogP contribution is -2.29.